The van der Waals surface area contributed by atoms with Gasteiger partial charge in [-0.2, -0.15) is 0 Å². The van der Waals surface area contributed by atoms with Crippen LogP contribution >= 0.6 is 0 Å². The first kappa shape index (κ1) is 12.4. The fraction of sp³-hybridized carbons (Fsp3) is 0.467. The van der Waals surface area contributed by atoms with Crippen molar-refractivity contribution in [2.24, 2.45) is 0 Å². The SMILES string of the molecule is Cc1ccc2c(=O)n3c(nc2c1)CCC(N(C)C)C3. The monoisotopic (exact) mass is 257 g/mol. The van der Waals surface area contributed by atoms with Gasteiger partial charge in [-0.3, -0.25) is 9.36 Å². The maximum Gasteiger partial charge on any atom is 0.261 e. The smallest absolute Gasteiger partial charge is 0.261 e. The number of hydrogen-bond acceptors (Lipinski definition) is 3. The molecule has 3 rings (SSSR count). The fourth-order valence-corrected chi connectivity index (χ4v) is 2.78. The maximum atomic E-state index is 12.6. The molecule has 2 heterocycles. The Hall–Kier alpha value is -1.68. The molecule has 1 atom stereocenters. The molecule has 1 unspecified atom stereocenters. The van der Waals surface area contributed by atoms with Crippen LogP contribution in [0.3, 0.4) is 0 Å². The third-order valence-corrected chi connectivity index (χ3v) is 4.01. The second kappa shape index (κ2) is 4.46. The molecule has 2 aromatic rings. The molecule has 4 nitrogen and oxygen atoms in total. The first-order chi connectivity index (χ1) is 9.06. The van der Waals surface area contributed by atoms with Crippen LogP contribution in [0.25, 0.3) is 10.9 Å². The average Bonchev–Trinajstić information content (AvgIpc) is 2.38. The molecule has 0 saturated carbocycles. The predicted molar refractivity (Wildman–Crippen MR) is 76.5 cm³/mol. The Morgan fingerprint density at radius 2 is 2.16 bits per heavy atom. The molecule has 0 N–H and O–H groups in total. The summed E-state index contributed by atoms with van der Waals surface area (Å²) >= 11 is 0. The van der Waals surface area contributed by atoms with Crippen molar-refractivity contribution in [2.45, 2.75) is 32.4 Å². The summed E-state index contributed by atoms with van der Waals surface area (Å²) in [6.07, 6.45) is 1.94. The Labute approximate surface area is 112 Å². The van der Waals surface area contributed by atoms with Crippen LogP contribution in [-0.4, -0.2) is 34.6 Å². The summed E-state index contributed by atoms with van der Waals surface area (Å²) in [6.45, 7) is 2.78. The lowest BCUT2D eigenvalue weighted by Gasteiger charge is -2.30. The Morgan fingerprint density at radius 3 is 2.89 bits per heavy atom. The standard InChI is InChI=1S/C15H19N3O/c1-10-4-6-12-13(8-10)16-14-7-5-11(17(2)3)9-18(14)15(12)19/h4,6,8,11H,5,7,9H2,1-3H3. The van der Waals surface area contributed by atoms with Crippen LogP contribution in [-0.2, 0) is 13.0 Å². The highest BCUT2D eigenvalue weighted by Gasteiger charge is 2.22. The van der Waals surface area contributed by atoms with Gasteiger partial charge in [0.15, 0.2) is 0 Å². The molecular formula is C15H19N3O. The molecule has 0 bridgehead atoms. The zero-order valence-corrected chi connectivity index (χ0v) is 11.7. The van der Waals surface area contributed by atoms with Crippen LogP contribution < -0.4 is 5.56 Å². The number of likely N-dealkylation sites (N-methyl/N-ethyl adjacent to an activating group) is 1. The molecule has 19 heavy (non-hydrogen) atoms. The largest absolute Gasteiger partial charge is 0.305 e. The van der Waals surface area contributed by atoms with Gasteiger partial charge < -0.3 is 4.90 Å². The van der Waals surface area contributed by atoms with Crippen molar-refractivity contribution in [3.8, 4) is 0 Å². The summed E-state index contributed by atoms with van der Waals surface area (Å²) in [6, 6.07) is 6.29. The minimum atomic E-state index is 0.103. The maximum absolute atomic E-state index is 12.6. The summed E-state index contributed by atoms with van der Waals surface area (Å²) in [5, 5.41) is 0.730. The Morgan fingerprint density at radius 1 is 1.37 bits per heavy atom. The van der Waals surface area contributed by atoms with Crippen molar-refractivity contribution in [3.05, 3.63) is 39.9 Å². The Kier molecular flexibility index (Phi) is 2.90. The first-order valence-electron chi connectivity index (χ1n) is 6.73. The van der Waals surface area contributed by atoms with E-state index in [0.717, 1.165) is 41.7 Å². The lowest BCUT2D eigenvalue weighted by Crippen LogP contribution is -2.41. The molecule has 0 fully saturated rings. The molecule has 1 aromatic carbocycles. The molecular weight excluding hydrogens is 238 g/mol. The van der Waals surface area contributed by atoms with E-state index in [1.54, 1.807) is 0 Å². The summed E-state index contributed by atoms with van der Waals surface area (Å²) in [7, 11) is 4.14. The highest BCUT2D eigenvalue weighted by atomic mass is 16.1. The van der Waals surface area contributed by atoms with Crippen LogP contribution in [0, 0.1) is 6.92 Å². The number of nitrogens with zero attached hydrogens (tertiary/aromatic N) is 3. The van der Waals surface area contributed by atoms with Crippen LogP contribution in [0.4, 0.5) is 0 Å². The molecule has 1 aliphatic rings. The zero-order valence-electron chi connectivity index (χ0n) is 11.7. The molecule has 0 spiro atoms. The van der Waals surface area contributed by atoms with Gasteiger partial charge in [-0.15, -0.1) is 0 Å². The summed E-state index contributed by atoms with van der Waals surface area (Å²) in [4.78, 5) is 19.4. The molecule has 0 aliphatic carbocycles. The topological polar surface area (TPSA) is 38.1 Å². The van der Waals surface area contributed by atoms with Crippen molar-refractivity contribution < 1.29 is 0 Å². The Balaban J connectivity index is 2.18. The van der Waals surface area contributed by atoms with E-state index < -0.39 is 0 Å². The molecule has 1 aromatic heterocycles. The van der Waals surface area contributed by atoms with Gasteiger partial charge in [-0.05, 0) is 45.1 Å². The number of aryl methyl sites for hydroxylation is 2. The van der Waals surface area contributed by atoms with E-state index in [0.29, 0.717) is 6.04 Å². The normalized spacial score (nSPS) is 18.8. The molecule has 100 valence electrons. The lowest BCUT2D eigenvalue weighted by molar-refractivity contribution is 0.226. The van der Waals surface area contributed by atoms with E-state index in [2.05, 4.69) is 24.0 Å². The van der Waals surface area contributed by atoms with Gasteiger partial charge in [-0.25, -0.2) is 4.98 Å². The van der Waals surface area contributed by atoms with Crippen LogP contribution in [0.1, 0.15) is 17.8 Å². The third-order valence-electron chi connectivity index (χ3n) is 4.01. The zero-order chi connectivity index (χ0) is 13.6. The van der Waals surface area contributed by atoms with Crippen molar-refractivity contribution in [2.75, 3.05) is 14.1 Å². The van der Waals surface area contributed by atoms with E-state index in [1.807, 2.05) is 29.7 Å². The van der Waals surface area contributed by atoms with Gasteiger partial charge in [0.1, 0.15) is 5.82 Å². The third kappa shape index (κ3) is 2.06. The van der Waals surface area contributed by atoms with E-state index in [9.17, 15) is 4.79 Å². The van der Waals surface area contributed by atoms with Gasteiger partial charge >= 0.3 is 0 Å². The van der Waals surface area contributed by atoms with Gasteiger partial charge in [0.05, 0.1) is 10.9 Å². The average molecular weight is 257 g/mol. The highest BCUT2D eigenvalue weighted by molar-refractivity contribution is 5.78. The van der Waals surface area contributed by atoms with E-state index in [1.165, 1.54) is 0 Å². The number of hydrogen-bond donors (Lipinski definition) is 0. The van der Waals surface area contributed by atoms with Gasteiger partial charge in [0.2, 0.25) is 0 Å². The summed E-state index contributed by atoms with van der Waals surface area (Å²) < 4.78 is 1.85. The second-order valence-corrected chi connectivity index (χ2v) is 5.62. The molecule has 0 saturated heterocycles. The van der Waals surface area contributed by atoms with Crippen LogP contribution in [0.15, 0.2) is 23.0 Å². The highest BCUT2D eigenvalue weighted by Crippen LogP contribution is 2.18. The number of rotatable bonds is 1. The number of aromatic nitrogens is 2. The first-order valence-corrected chi connectivity index (χ1v) is 6.73. The summed E-state index contributed by atoms with van der Waals surface area (Å²) in [5.41, 5.74) is 2.08. The second-order valence-electron chi connectivity index (χ2n) is 5.62. The molecule has 0 amide bonds. The number of benzene rings is 1. The van der Waals surface area contributed by atoms with Gasteiger partial charge in [0.25, 0.3) is 5.56 Å². The van der Waals surface area contributed by atoms with E-state index in [4.69, 9.17) is 0 Å². The molecule has 4 heteroatoms. The molecule has 0 radical (unpaired) electrons. The van der Waals surface area contributed by atoms with E-state index in [-0.39, 0.29) is 5.56 Å². The van der Waals surface area contributed by atoms with E-state index >= 15 is 0 Å². The predicted octanol–water partition coefficient (Wildman–Crippen LogP) is 1.58. The minimum Gasteiger partial charge on any atom is -0.305 e. The minimum absolute atomic E-state index is 0.103. The van der Waals surface area contributed by atoms with Crippen LogP contribution in [0.5, 0.6) is 0 Å². The van der Waals surface area contributed by atoms with Crippen molar-refractivity contribution in [3.63, 3.8) is 0 Å². The number of fused-ring (bicyclic) bond motifs is 2. The van der Waals surface area contributed by atoms with Gasteiger partial charge in [-0.1, -0.05) is 6.07 Å². The van der Waals surface area contributed by atoms with Crippen molar-refractivity contribution in [1.29, 1.82) is 0 Å². The lowest BCUT2D eigenvalue weighted by atomic mass is 10.0. The van der Waals surface area contributed by atoms with Crippen molar-refractivity contribution >= 4 is 10.9 Å². The fourth-order valence-electron chi connectivity index (χ4n) is 2.78. The van der Waals surface area contributed by atoms with Crippen molar-refractivity contribution in [1.82, 2.24) is 14.5 Å². The summed E-state index contributed by atoms with van der Waals surface area (Å²) in [5.74, 6) is 0.932. The quantitative estimate of drug-likeness (QED) is 0.778. The van der Waals surface area contributed by atoms with Gasteiger partial charge in [0, 0.05) is 19.0 Å². The Bertz CT molecular complexity index is 688. The molecule has 1 aliphatic heterocycles. The van der Waals surface area contributed by atoms with Crippen LogP contribution in [0.2, 0.25) is 0 Å².